The summed E-state index contributed by atoms with van der Waals surface area (Å²) in [6.07, 6.45) is 2.00. The van der Waals surface area contributed by atoms with Crippen molar-refractivity contribution in [2.24, 2.45) is 11.8 Å². The molecular formula is C11H16O3. The minimum absolute atomic E-state index is 0.0616. The minimum Gasteiger partial charge on any atom is -0.466 e. The van der Waals surface area contributed by atoms with E-state index in [1.807, 2.05) is 13.8 Å². The highest BCUT2D eigenvalue weighted by Gasteiger charge is 2.32. The third-order valence-electron chi connectivity index (χ3n) is 2.51. The van der Waals surface area contributed by atoms with Gasteiger partial charge in [0.25, 0.3) is 0 Å². The van der Waals surface area contributed by atoms with E-state index < -0.39 is 0 Å². The number of ketones is 1. The first-order valence-corrected chi connectivity index (χ1v) is 4.94. The lowest BCUT2D eigenvalue weighted by molar-refractivity contribution is -0.148. The maximum absolute atomic E-state index is 11.6. The maximum Gasteiger partial charge on any atom is 0.313 e. The van der Waals surface area contributed by atoms with E-state index in [1.165, 1.54) is 0 Å². The Hall–Kier alpha value is -1.12. The van der Waals surface area contributed by atoms with Crippen molar-refractivity contribution in [3.8, 4) is 0 Å². The van der Waals surface area contributed by atoms with Crippen LogP contribution in [0.25, 0.3) is 0 Å². The van der Waals surface area contributed by atoms with Gasteiger partial charge in [-0.2, -0.15) is 0 Å². The molecule has 3 heteroatoms. The molecule has 0 radical (unpaired) electrons. The molecule has 3 nitrogen and oxygen atoms in total. The second-order valence-corrected chi connectivity index (χ2v) is 3.77. The summed E-state index contributed by atoms with van der Waals surface area (Å²) >= 11 is 0. The van der Waals surface area contributed by atoms with Crippen LogP contribution in [-0.2, 0) is 14.3 Å². The largest absolute Gasteiger partial charge is 0.466 e. The van der Waals surface area contributed by atoms with E-state index in [0.29, 0.717) is 13.0 Å². The number of allylic oxidation sites excluding steroid dienone is 1. The van der Waals surface area contributed by atoms with Gasteiger partial charge in [0.1, 0.15) is 0 Å². The number of carbonyl (C=O) groups excluding carboxylic acids is 2. The fraction of sp³-hybridized carbons (Fsp3) is 0.636. The molecule has 0 fully saturated rings. The van der Waals surface area contributed by atoms with Crippen molar-refractivity contribution < 1.29 is 14.3 Å². The molecule has 78 valence electrons. The summed E-state index contributed by atoms with van der Waals surface area (Å²) in [7, 11) is 0. The first-order chi connectivity index (χ1) is 6.56. The lowest BCUT2D eigenvalue weighted by Crippen LogP contribution is -2.30. The van der Waals surface area contributed by atoms with E-state index >= 15 is 0 Å². The lowest BCUT2D eigenvalue weighted by atomic mass is 9.79. The van der Waals surface area contributed by atoms with Crippen LogP contribution in [-0.4, -0.2) is 18.4 Å². The van der Waals surface area contributed by atoms with Gasteiger partial charge in [0.2, 0.25) is 0 Å². The molecule has 0 aliphatic heterocycles. The van der Waals surface area contributed by atoms with Crippen molar-refractivity contribution in [2.45, 2.75) is 27.2 Å². The van der Waals surface area contributed by atoms with Gasteiger partial charge in [0.05, 0.1) is 12.5 Å². The zero-order valence-corrected chi connectivity index (χ0v) is 8.87. The molecule has 0 amide bonds. The average molecular weight is 196 g/mol. The molecule has 2 atom stereocenters. The molecular weight excluding hydrogens is 180 g/mol. The minimum atomic E-state index is -0.229. The van der Waals surface area contributed by atoms with Crippen LogP contribution in [0.3, 0.4) is 0 Å². The Balaban J connectivity index is 2.81. The number of hydrogen-bond acceptors (Lipinski definition) is 3. The Morgan fingerprint density at radius 2 is 2.29 bits per heavy atom. The summed E-state index contributed by atoms with van der Waals surface area (Å²) in [5.41, 5.74) is 0.826. The van der Waals surface area contributed by atoms with Gasteiger partial charge in [-0.05, 0) is 25.8 Å². The monoisotopic (exact) mass is 196 g/mol. The first kappa shape index (κ1) is 11.0. The summed E-state index contributed by atoms with van der Waals surface area (Å²) in [5, 5.41) is 0. The molecule has 0 saturated heterocycles. The Kier molecular flexibility index (Phi) is 3.44. The highest BCUT2D eigenvalue weighted by molar-refractivity contribution is 5.94. The summed E-state index contributed by atoms with van der Waals surface area (Å²) in [6, 6.07) is 0. The molecule has 1 rings (SSSR count). The predicted octanol–water partition coefficient (Wildman–Crippen LogP) is 1.72. The molecule has 14 heavy (non-hydrogen) atoms. The normalized spacial score (nSPS) is 27.1. The van der Waals surface area contributed by atoms with Crippen LogP contribution in [0.5, 0.6) is 0 Å². The van der Waals surface area contributed by atoms with Crippen molar-refractivity contribution in [2.75, 3.05) is 6.61 Å². The molecule has 0 spiro atoms. The van der Waals surface area contributed by atoms with Crippen molar-refractivity contribution in [3.05, 3.63) is 11.6 Å². The topological polar surface area (TPSA) is 43.4 Å². The van der Waals surface area contributed by atoms with Gasteiger partial charge in [-0.15, -0.1) is 0 Å². The van der Waals surface area contributed by atoms with Crippen molar-refractivity contribution in [1.82, 2.24) is 0 Å². The number of ether oxygens (including phenoxy) is 1. The van der Waals surface area contributed by atoms with Crippen molar-refractivity contribution in [3.63, 3.8) is 0 Å². The van der Waals surface area contributed by atoms with E-state index in [-0.39, 0.29) is 23.6 Å². The number of rotatable bonds is 2. The quantitative estimate of drug-likeness (QED) is 0.631. The van der Waals surface area contributed by atoms with E-state index in [9.17, 15) is 9.59 Å². The molecule has 0 unspecified atom stereocenters. The van der Waals surface area contributed by atoms with E-state index in [4.69, 9.17) is 4.74 Å². The molecule has 0 aromatic rings. The van der Waals surface area contributed by atoms with Crippen LogP contribution >= 0.6 is 0 Å². The summed E-state index contributed by atoms with van der Waals surface area (Å²) < 4.78 is 4.97. The summed E-state index contributed by atoms with van der Waals surface area (Å²) in [6.45, 7) is 5.91. The number of esters is 1. The van der Waals surface area contributed by atoms with E-state index in [2.05, 4.69) is 0 Å². The molecule has 0 saturated carbocycles. The fourth-order valence-corrected chi connectivity index (χ4v) is 1.94. The Morgan fingerprint density at radius 1 is 1.64 bits per heavy atom. The van der Waals surface area contributed by atoms with Crippen molar-refractivity contribution in [1.29, 1.82) is 0 Å². The third kappa shape index (κ3) is 2.22. The summed E-state index contributed by atoms with van der Waals surface area (Å²) in [5.74, 6) is -0.268. The van der Waals surface area contributed by atoms with Gasteiger partial charge in [-0.1, -0.05) is 12.5 Å². The van der Waals surface area contributed by atoms with Crippen LogP contribution < -0.4 is 0 Å². The predicted molar refractivity (Wildman–Crippen MR) is 52.7 cm³/mol. The molecule has 1 aliphatic rings. The Bertz CT molecular complexity index is 278. The number of carbonyl (C=O) groups is 2. The van der Waals surface area contributed by atoms with Gasteiger partial charge < -0.3 is 4.74 Å². The maximum atomic E-state index is 11.6. The van der Waals surface area contributed by atoms with Gasteiger partial charge in [-0.25, -0.2) is 0 Å². The highest BCUT2D eigenvalue weighted by atomic mass is 16.5. The van der Waals surface area contributed by atoms with Crippen LogP contribution in [0.15, 0.2) is 11.6 Å². The van der Waals surface area contributed by atoms with E-state index in [0.717, 1.165) is 5.57 Å². The van der Waals surface area contributed by atoms with Gasteiger partial charge in [-0.3, -0.25) is 9.59 Å². The molecule has 0 heterocycles. The van der Waals surface area contributed by atoms with E-state index in [1.54, 1.807) is 13.0 Å². The van der Waals surface area contributed by atoms with Crippen LogP contribution in [0.2, 0.25) is 0 Å². The van der Waals surface area contributed by atoms with Crippen LogP contribution in [0.1, 0.15) is 27.2 Å². The SMILES string of the molecule is CCOC(=O)[C@@H]1C(C)=CC(=O)C[C@@H]1C. The van der Waals surface area contributed by atoms with Crippen LogP contribution in [0, 0.1) is 11.8 Å². The summed E-state index contributed by atoms with van der Waals surface area (Å²) in [4.78, 5) is 22.7. The molecule has 1 aliphatic carbocycles. The molecule has 0 N–H and O–H groups in total. The smallest absolute Gasteiger partial charge is 0.313 e. The third-order valence-corrected chi connectivity index (χ3v) is 2.51. The standard InChI is InChI=1S/C11H16O3/c1-4-14-11(13)10-7(2)5-9(12)6-8(10)3/h5,8,10H,4,6H2,1-3H3/t8-,10+/m0/s1. The highest BCUT2D eigenvalue weighted by Crippen LogP contribution is 2.29. The average Bonchev–Trinajstić information content (AvgIpc) is 2.01. The second kappa shape index (κ2) is 4.40. The Labute approximate surface area is 84.1 Å². The van der Waals surface area contributed by atoms with Gasteiger partial charge >= 0.3 is 5.97 Å². The lowest BCUT2D eigenvalue weighted by Gasteiger charge is -2.25. The zero-order chi connectivity index (χ0) is 10.7. The van der Waals surface area contributed by atoms with Crippen LogP contribution in [0.4, 0.5) is 0 Å². The molecule has 0 aromatic carbocycles. The number of hydrogen-bond donors (Lipinski definition) is 0. The van der Waals surface area contributed by atoms with Gasteiger partial charge in [0.15, 0.2) is 5.78 Å². The fourth-order valence-electron chi connectivity index (χ4n) is 1.94. The first-order valence-electron chi connectivity index (χ1n) is 4.94. The second-order valence-electron chi connectivity index (χ2n) is 3.77. The van der Waals surface area contributed by atoms with Gasteiger partial charge in [0, 0.05) is 6.42 Å². The zero-order valence-electron chi connectivity index (χ0n) is 8.87. The Morgan fingerprint density at radius 3 is 2.79 bits per heavy atom. The van der Waals surface area contributed by atoms with Crippen molar-refractivity contribution >= 4 is 11.8 Å². The molecule has 0 aromatic heterocycles. The molecule has 0 bridgehead atoms.